The molecule has 6 heteroatoms. The molecule has 0 bridgehead atoms. The number of aromatic nitrogens is 3. The van der Waals surface area contributed by atoms with E-state index in [0.29, 0.717) is 23.4 Å². The topological polar surface area (TPSA) is 48.4 Å². The molecular formula is C62H45N6. The van der Waals surface area contributed by atoms with Crippen LogP contribution in [0, 0.1) is 18.3 Å². The number of hydrogen-bond donors (Lipinski definition) is 0. The highest BCUT2D eigenvalue weighted by Gasteiger charge is 2.37. The normalized spacial score (nSPS) is 16.3. The Labute approximate surface area is 397 Å². The molecule has 6 nitrogen and oxygen atoms in total. The van der Waals surface area contributed by atoms with Crippen molar-refractivity contribution >= 4 is 67.9 Å². The van der Waals surface area contributed by atoms with E-state index in [1.54, 1.807) is 0 Å². The van der Waals surface area contributed by atoms with Crippen molar-refractivity contribution in [2.45, 2.75) is 12.8 Å². The zero-order valence-corrected chi connectivity index (χ0v) is 37.3. The van der Waals surface area contributed by atoms with Crippen LogP contribution in [0.1, 0.15) is 29.8 Å². The molecule has 13 rings (SSSR count). The minimum Gasteiger partial charge on any atom is -0.310 e. The summed E-state index contributed by atoms with van der Waals surface area (Å²) in [6, 6.07) is 75.3. The summed E-state index contributed by atoms with van der Waals surface area (Å²) in [7, 11) is 0. The van der Waals surface area contributed by atoms with Gasteiger partial charge >= 0.3 is 0 Å². The average molecular weight is 874 g/mol. The summed E-state index contributed by atoms with van der Waals surface area (Å²) in [6.45, 7) is 0. The van der Waals surface area contributed by atoms with Gasteiger partial charge < -0.3 is 14.7 Å². The lowest BCUT2D eigenvalue weighted by Crippen LogP contribution is -2.15. The van der Waals surface area contributed by atoms with E-state index in [9.17, 15) is 0 Å². The molecule has 0 spiro atoms. The molecule has 1 aromatic heterocycles. The van der Waals surface area contributed by atoms with Gasteiger partial charge in [0.15, 0.2) is 17.5 Å². The number of rotatable bonds is 10. The monoisotopic (exact) mass is 873 g/mol. The van der Waals surface area contributed by atoms with Crippen LogP contribution >= 0.6 is 0 Å². The van der Waals surface area contributed by atoms with Gasteiger partial charge in [0.2, 0.25) is 0 Å². The molecule has 2 unspecified atom stereocenters. The first-order valence-corrected chi connectivity index (χ1v) is 23.5. The first-order chi connectivity index (χ1) is 33.7. The van der Waals surface area contributed by atoms with Crippen molar-refractivity contribution < 1.29 is 0 Å². The zero-order chi connectivity index (χ0) is 45.0. The summed E-state index contributed by atoms with van der Waals surface area (Å²) >= 11 is 0. The fourth-order valence-corrected chi connectivity index (χ4v) is 9.97. The number of hydrogen-bond acceptors (Lipinski definition) is 6. The Morgan fingerprint density at radius 3 is 1.35 bits per heavy atom. The lowest BCUT2D eigenvalue weighted by atomic mass is 10.0. The van der Waals surface area contributed by atoms with E-state index >= 15 is 0 Å². The molecule has 1 saturated carbocycles. The molecule has 0 amide bonds. The van der Waals surface area contributed by atoms with E-state index in [-0.39, 0.29) is 0 Å². The van der Waals surface area contributed by atoms with E-state index in [1.807, 2.05) is 18.2 Å². The third kappa shape index (κ3) is 7.37. The van der Waals surface area contributed by atoms with Crippen LogP contribution in [0.2, 0.25) is 0 Å². The molecule has 2 heterocycles. The van der Waals surface area contributed by atoms with Gasteiger partial charge in [0.25, 0.3) is 0 Å². The van der Waals surface area contributed by atoms with Gasteiger partial charge in [0, 0.05) is 74.1 Å². The van der Waals surface area contributed by atoms with Crippen LogP contribution in [0.3, 0.4) is 0 Å². The minimum absolute atomic E-state index is 0.589. The summed E-state index contributed by atoms with van der Waals surface area (Å²) in [5, 5.41) is 0. The van der Waals surface area contributed by atoms with Crippen LogP contribution in [0.25, 0.3) is 39.5 Å². The van der Waals surface area contributed by atoms with Crippen molar-refractivity contribution in [2.24, 2.45) is 11.8 Å². The Balaban J connectivity index is 0.959. The van der Waals surface area contributed by atoms with Crippen LogP contribution in [0.5, 0.6) is 0 Å². The number of fused-ring (bicyclic) bond motifs is 5. The predicted molar refractivity (Wildman–Crippen MR) is 279 cm³/mol. The molecule has 8 aromatic carbocycles. The first-order valence-electron chi connectivity index (χ1n) is 23.5. The van der Waals surface area contributed by atoms with Gasteiger partial charge in [-0.2, -0.15) is 0 Å². The van der Waals surface area contributed by atoms with Gasteiger partial charge in [-0.05, 0) is 145 Å². The van der Waals surface area contributed by atoms with Crippen LogP contribution < -0.4 is 14.7 Å². The second-order valence-electron chi connectivity index (χ2n) is 17.9. The van der Waals surface area contributed by atoms with Crippen LogP contribution in [0.4, 0.5) is 51.2 Å². The Bertz CT molecular complexity index is 3200. The Kier molecular flexibility index (Phi) is 9.74. The molecule has 0 saturated heterocycles. The summed E-state index contributed by atoms with van der Waals surface area (Å²) in [6.07, 6.45) is 11.5. The van der Waals surface area contributed by atoms with Gasteiger partial charge in [-0.3, -0.25) is 0 Å². The van der Waals surface area contributed by atoms with E-state index in [2.05, 4.69) is 233 Å². The second-order valence-corrected chi connectivity index (χ2v) is 17.9. The number of allylic oxidation sites excluding steroid dienone is 6. The summed E-state index contributed by atoms with van der Waals surface area (Å²) in [5.41, 5.74) is 17.7. The van der Waals surface area contributed by atoms with Crippen LogP contribution in [0.15, 0.2) is 231 Å². The van der Waals surface area contributed by atoms with Gasteiger partial charge in [-0.25, -0.2) is 15.0 Å². The van der Waals surface area contributed by atoms with E-state index in [4.69, 9.17) is 15.0 Å². The quantitative estimate of drug-likeness (QED) is 0.136. The summed E-state index contributed by atoms with van der Waals surface area (Å²) in [4.78, 5) is 22.4. The van der Waals surface area contributed by atoms with E-state index in [1.165, 1.54) is 28.7 Å². The van der Waals surface area contributed by atoms with Gasteiger partial charge in [0.05, 0.1) is 11.4 Å². The lowest BCUT2D eigenvalue weighted by molar-refractivity contribution is 0.813. The lowest BCUT2D eigenvalue weighted by Gasteiger charge is -2.31. The van der Waals surface area contributed by atoms with Gasteiger partial charge in [0.1, 0.15) is 0 Å². The molecule has 68 heavy (non-hydrogen) atoms. The molecule has 3 aliphatic carbocycles. The highest BCUT2D eigenvalue weighted by Crippen LogP contribution is 2.58. The molecule has 1 aliphatic heterocycles. The predicted octanol–water partition coefficient (Wildman–Crippen LogP) is 16.0. The van der Waals surface area contributed by atoms with Crippen LogP contribution in [-0.2, 0) is 0 Å². The molecule has 0 N–H and O–H groups in total. The maximum absolute atomic E-state index is 5.17. The van der Waals surface area contributed by atoms with Crippen molar-refractivity contribution in [1.29, 1.82) is 0 Å². The summed E-state index contributed by atoms with van der Waals surface area (Å²) in [5.74, 6) is 3.37. The molecule has 4 aliphatic rings. The minimum atomic E-state index is 0.589. The molecule has 1 radical (unpaired) electrons. The fraction of sp³-hybridized carbons (Fsp3) is 0.0645. The van der Waals surface area contributed by atoms with Crippen molar-refractivity contribution in [3.05, 3.63) is 254 Å². The second kappa shape index (κ2) is 16.7. The van der Waals surface area contributed by atoms with Gasteiger partial charge in [-0.15, -0.1) is 0 Å². The number of para-hydroxylation sites is 4. The average Bonchev–Trinajstić information content (AvgIpc) is 4.34. The number of anilines is 9. The maximum Gasteiger partial charge on any atom is 0.164 e. The third-order valence-corrected chi connectivity index (χ3v) is 13.5. The first kappa shape index (κ1) is 39.7. The van der Waals surface area contributed by atoms with Crippen LogP contribution in [-0.4, -0.2) is 15.0 Å². The van der Waals surface area contributed by atoms with Crippen molar-refractivity contribution in [2.75, 3.05) is 14.7 Å². The van der Waals surface area contributed by atoms with E-state index < -0.39 is 0 Å². The van der Waals surface area contributed by atoms with Crippen molar-refractivity contribution in [3.63, 3.8) is 0 Å². The molecular weight excluding hydrogens is 829 g/mol. The smallest absolute Gasteiger partial charge is 0.164 e. The van der Waals surface area contributed by atoms with Crippen molar-refractivity contribution in [3.8, 4) is 22.8 Å². The standard InChI is InChI=1S/C62H45N6/c1-6-17-42(18-7-1)60-63-61(65-62(64-60)45-20-16-19-44-37-46(44)38-45)43-29-31-51(32-30-43)68-58-35-33-52(66(47-21-8-2-9-22-47)48-23-10-3-11-24-48)39-56(58)54-41-55(54)57-40-53(34-36-59(57)68)67(49-25-12-4-13-26-49)50-27-14-5-15-28-50/h1-18,20-36,38-41,44,46H,19,37H2. The molecule has 323 valence electrons. The number of nitrogens with zero attached hydrogens (tertiary/aromatic N) is 6. The molecule has 1 fully saturated rings. The Hall–Kier alpha value is -8.61. The van der Waals surface area contributed by atoms with Gasteiger partial charge in [-0.1, -0.05) is 121 Å². The maximum atomic E-state index is 5.17. The molecule has 2 atom stereocenters. The van der Waals surface area contributed by atoms with Crippen molar-refractivity contribution in [1.82, 2.24) is 15.0 Å². The third-order valence-electron chi connectivity index (χ3n) is 13.5. The highest BCUT2D eigenvalue weighted by atomic mass is 15.2. The Morgan fingerprint density at radius 2 is 0.868 bits per heavy atom. The zero-order valence-electron chi connectivity index (χ0n) is 37.3. The highest BCUT2D eigenvalue weighted by molar-refractivity contribution is 6.23. The molecule has 9 aromatic rings. The summed E-state index contributed by atoms with van der Waals surface area (Å²) < 4.78 is 0. The number of benzene rings is 8. The SMILES string of the molecule is [CH]1C2=C1c1cc(N(c3ccccc3)c3ccccc3)ccc1N(c1ccc(-c3nc(C4=CC5CC5CC=C4)nc(-c4ccccc4)n3)cc1)c1ccc(N(c3ccccc3)c3ccccc3)cc12. The largest absolute Gasteiger partial charge is 0.310 e. The fourth-order valence-electron chi connectivity index (χ4n) is 9.97. The van der Waals surface area contributed by atoms with E-state index in [0.717, 1.165) is 80.2 Å². The Morgan fingerprint density at radius 1 is 0.426 bits per heavy atom.